The Bertz CT molecular complexity index is 1420. The van der Waals surface area contributed by atoms with Crippen molar-refractivity contribution in [3.8, 4) is 17.0 Å². The van der Waals surface area contributed by atoms with Crippen LogP contribution in [0.25, 0.3) is 22.0 Å². The van der Waals surface area contributed by atoms with Crippen LogP contribution in [0.3, 0.4) is 0 Å². The fraction of sp³-hybridized carbons (Fsp3) is 0.286. The Morgan fingerprint density at radius 2 is 1.86 bits per heavy atom. The van der Waals surface area contributed by atoms with E-state index in [-0.39, 0.29) is 12.0 Å². The second-order valence-corrected chi connectivity index (χ2v) is 8.90. The van der Waals surface area contributed by atoms with Crippen molar-refractivity contribution in [2.45, 2.75) is 18.9 Å². The first-order valence-corrected chi connectivity index (χ1v) is 12.3. The van der Waals surface area contributed by atoms with E-state index >= 15 is 0 Å². The maximum absolute atomic E-state index is 12.2. The minimum Gasteiger partial charge on any atom is -0.497 e. The highest BCUT2D eigenvalue weighted by Crippen LogP contribution is 2.34. The van der Waals surface area contributed by atoms with Crippen LogP contribution < -0.4 is 20.3 Å². The Hall–Kier alpha value is -4.40. The van der Waals surface area contributed by atoms with Gasteiger partial charge in [-0.15, -0.1) is 0 Å². The second-order valence-electron chi connectivity index (χ2n) is 8.90. The number of piperidine rings is 1. The van der Waals surface area contributed by atoms with Crippen LogP contribution in [0.15, 0.2) is 60.9 Å². The molecule has 190 valence electrons. The molecular formula is C28H30N6O3. The van der Waals surface area contributed by atoms with Gasteiger partial charge in [0, 0.05) is 55.2 Å². The average Bonchev–Trinajstić information content (AvgIpc) is 2.96. The number of carbonyl (C=O) groups is 1. The summed E-state index contributed by atoms with van der Waals surface area (Å²) < 4.78 is 10.5. The molecule has 3 heterocycles. The van der Waals surface area contributed by atoms with Crippen LogP contribution in [0.1, 0.15) is 23.2 Å². The summed E-state index contributed by atoms with van der Waals surface area (Å²) >= 11 is 0. The number of hydrogen-bond donors (Lipinski definition) is 2. The highest BCUT2D eigenvalue weighted by Gasteiger charge is 2.24. The summed E-state index contributed by atoms with van der Waals surface area (Å²) in [5.41, 5.74) is 3.38. The van der Waals surface area contributed by atoms with Gasteiger partial charge in [-0.2, -0.15) is 0 Å². The molecule has 1 saturated heterocycles. The monoisotopic (exact) mass is 498 g/mol. The van der Waals surface area contributed by atoms with Gasteiger partial charge in [-0.1, -0.05) is 6.07 Å². The van der Waals surface area contributed by atoms with Crippen LogP contribution in [-0.2, 0) is 4.74 Å². The highest BCUT2D eigenvalue weighted by molar-refractivity contribution is 5.98. The molecule has 1 aliphatic heterocycles. The van der Waals surface area contributed by atoms with Crippen molar-refractivity contribution in [3.05, 3.63) is 66.5 Å². The summed E-state index contributed by atoms with van der Waals surface area (Å²) in [4.78, 5) is 27.7. The van der Waals surface area contributed by atoms with Crippen LogP contribution in [0.4, 0.5) is 17.5 Å². The number of benzene rings is 2. The van der Waals surface area contributed by atoms with Gasteiger partial charge >= 0.3 is 5.97 Å². The predicted octanol–water partition coefficient (Wildman–Crippen LogP) is 4.61. The Labute approximate surface area is 215 Å². The first kappa shape index (κ1) is 24.3. The van der Waals surface area contributed by atoms with E-state index in [1.807, 2.05) is 19.2 Å². The number of pyridine rings is 1. The van der Waals surface area contributed by atoms with Crippen molar-refractivity contribution in [2.75, 3.05) is 49.9 Å². The van der Waals surface area contributed by atoms with Crippen molar-refractivity contribution in [1.82, 2.24) is 15.0 Å². The van der Waals surface area contributed by atoms with E-state index in [0.717, 1.165) is 59.4 Å². The number of nitrogens with one attached hydrogen (secondary N) is 2. The van der Waals surface area contributed by atoms with Crippen molar-refractivity contribution >= 4 is 34.2 Å². The summed E-state index contributed by atoms with van der Waals surface area (Å²) in [7, 11) is 4.88. The quantitative estimate of drug-likeness (QED) is 0.354. The topological polar surface area (TPSA) is 102 Å². The Kier molecular flexibility index (Phi) is 7.02. The number of anilines is 3. The van der Waals surface area contributed by atoms with Crippen molar-refractivity contribution in [3.63, 3.8) is 0 Å². The zero-order valence-electron chi connectivity index (χ0n) is 21.2. The van der Waals surface area contributed by atoms with Gasteiger partial charge in [0.1, 0.15) is 17.1 Å². The minimum absolute atomic E-state index is 0.254. The molecule has 0 bridgehead atoms. The molecule has 37 heavy (non-hydrogen) atoms. The van der Waals surface area contributed by atoms with Crippen molar-refractivity contribution in [1.29, 1.82) is 0 Å². The van der Waals surface area contributed by atoms with E-state index in [9.17, 15) is 4.79 Å². The fourth-order valence-electron chi connectivity index (χ4n) is 4.74. The fourth-order valence-corrected chi connectivity index (χ4v) is 4.74. The molecule has 0 atom stereocenters. The lowest BCUT2D eigenvalue weighted by atomic mass is 9.99. The standard InChI is InChI=1S/C28H30N6O3/c1-29-28-31-12-8-24(33-28)19-15-18-6-7-21(36-2)17-23(18)25(16-19)32-20-9-13-34(14-10-20)26-22(27(35)37-3)5-4-11-30-26/h4-8,11-12,15-17,20,32H,9-10,13-14H2,1-3H3,(H,29,31,33). The number of carbonyl (C=O) groups excluding carboxylic acids is 1. The van der Waals surface area contributed by atoms with E-state index < -0.39 is 0 Å². The van der Waals surface area contributed by atoms with Gasteiger partial charge in [0.15, 0.2) is 0 Å². The summed E-state index contributed by atoms with van der Waals surface area (Å²) in [5, 5.41) is 8.98. The number of methoxy groups -OCH3 is 2. The van der Waals surface area contributed by atoms with Crippen LogP contribution in [0, 0.1) is 0 Å². The second kappa shape index (κ2) is 10.7. The van der Waals surface area contributed by atoms with Crippen LogP contribution in [-0.4, -0.2) is 61.3 Å². The molecular weight excluding hydrogens is 468 g/mol. The molecule has 0 unspecified atom stereocenters. The maximum Gasteiger partial charge on any atom is 0.341 e. The molecule has 4 aromatic rings. The Morgan fingerprint density at radius 1 is 1.03 bits per heavy atom. The number of nitrogens with zero attached hydrogens (tertiary/aromatic N) is 4. The van der Waals surface area contributed by atoms with Crippen molar-refractivity contribution in [2.24, 2.45) is 0 Å². The third-order valence-corrected chi connectivity index (χ3v) is 6.68. The maximum atomic E-state index is 12.2. The lowest BCUT2D eigenvalue weighted by molar-refractivity contribution is 0.0601. The van der Waals surface area contributed by atoms with E-state index in [1.165, 1.54) is 7.11 Å². The molecule has 0 saturated carbocycles. The molecule has 0 radical (unpaired) electrons. The normalized spacial score (nSPS) is 13.9. The minimum atomic E-state index is -0.369. The van der Waals surface area contributed by atoms with E-state index in [1.54, 1.807) is 31.6 Å². The lowest BCUT2D eigenvalue weighted by Crippen LogP contribution is -2.40. The molecule has 2 N–H and O–H groups in total. The van der Waals surface area contributed by atoms with Gasteiger partial charge < -0.3 is 25.0 Å². The zero-order chi connectivity index (χ0) is 25.8. The molecule has 9 heteroatoms. The molecule has 1 aliphatic rings. The molecule has 9 nitrogen and oxygen atoms in total. The number of fused-ring (bicyclic) bond motifs is 1. The summed E-state index contributed by atoms with van der Waals surface area (Å²) in [6.07, 6.45) is 5.26. The third-order valence-electron chi connectivity index (χ3n) is 6.68. The van der Waals surface area contributed by atoms with Crippen LogP contribution >= 0.6 is 0 Å². The Morgan fingerprint density at radius 3 is 2.62 bits per heavy atom. The van der Waals surface area contributed by atoms with Gasteiger partial charge in [0.25, 0.3) is 0 Å². The van der Waals surface area contributed by atoms with E-state index in [2.05, 4.69) is 54.8 Å². The molecule has 0 aliphatic carbocycles. The van der Waals surface area contributed by atoms with Gasteiger partial charge in [-0.25, -0.2) is 19.7 Å². The number of hydrogen-bond acceptors (Lipinski definition) is 9. The summed E-state index contributed by atoms with van der Waals surface area (Å²) in [6.45, 7) is 1.55. The number of esters is 1. The molecule has 5 rings (SSSR count). The average molecular weight is 499 g/mol. The first-order chi connectivity index (χ1) is 18.1. The Balaban J connectivity index is 1.41. The third kappa shape index (κ3) is 5.11. The molecule has 1 fully saturated rings. The van der Waals surface area contributed by atoms with Crippen molar-refractivity contribution < 1.29 is 14.3 Å². The number of aromatic nitrogens is 3. The largest absolute Gasteiger partial charge is 0.497 e. The first-order valence-electron chi connectivity index (χ1n) is 12.3. The molecule has 2 aromatic heterocycles. The van der Waals surface area contributed by atoms with E-state index in [4.69, 9.17) is 9.47 Å². The lowest BCUT2D eigenvalue weighted by Gasteiger charge is -2.34. The van der Waals surface area contributed by atoms with Gasteiger partial charge in [0.2, 0.25) is 5.95 Å². The molecule has 0 spiro atoms. The van der Waals surface area contributed by atoms with Gasteiger partial charge in [-0.3, -0.25) is 0 Å². The van der Waals surface area contributed by atoms with E-state index in [0.29, 0.717) is 17.3 Å². The van der Waals surface area contributed by atoms with Gasteiger partial charge in [-0.05, 0) is 60.7 Å². The van der Waals surface area contributed by atoms with Crippen LogP contribution in [0.2, 0.25) is 0 Å². The van der Waals surface area contributed by atoms with Crippen LogP contribution in [0.5, 0.6) is 5.75 Å². The molecule has 2 aromatic carbocycles. The summed E-state index contributed by atoms with van der Waals surface area (Å²) in [5.74, 6) is 1.69. The number of rotatable bonds is 7. The SMILES string of the molecule is CNc1nccc(-c2cc(NC3CCN(c4ncccc4C(=O)OC)CC3)c3cc(OC)ccc3c2)n1. The predicted molar refractivity (Wildman–Crippen MR) is 146 cm³/mol. The molecule has 0 amide bonds. The smallest absolute Gasteiger partial charge is 0.341 e. The highest BCUT2D eigenvalue weighted by atomic mass is 16.5. The zero-order valence-corrected chi connectivity index (χ0v) is 21.2. The number of ether oxygens (including phenoxy) is 2. The summed E-state index contributed by atoms with van der Waals surface area (Å²) in [6, 6.07) is 16.1. The van der Waals surface area contributed by atoms with Gasteiger partial charge in [0.05, 0.1) is 19.9 Å².